The number of carbonyl (C=O) groups is 1. The Labute approximate surface area is 149 Å². The van der Waals surface area contributed by atoms with E-state index in [0.29, 0.717) is 11.3 Å². The quantitative estimate of drug-likeness (QED) is 0.612. The average molecular weight is 345 g/mol. The summed E-state index contributed by atoms with van der Waals surface area (Å²) in [6, 6.07) is 16.4. The molecule has 0 aliphatic rings. The van der Waals surface area contributed by atoms with Crippen molar-refractivity contribution in [3.8, 4) is 6.07 Å². The van der Waals surface area contributed by atoms with Gasteiger partial charge >= 0.3 is 0 Å². The number of tetrazole rings is 1. The van der Waals surface area contributed by atoms with Gasteiger partial charge in [0, 0.05) is 23.1 Å². The second-order valence-corrected chi connectivity index (χ2v) is 5.45. The molecular formula is C18H15N7O. The van der Waals surface area contributed by atoms with Crippen LogP contribution in [0, 0.1) is 18.3 Å². The number of aromatic nitrogens is 4. The molecule has 0 aliphatic heterocycles. The summed E-state index contributed by atoms with van der Waals surface area (Å²) in [6.07, 6.45) is 1.49. The lowest BCUT2D eigenvalue weighted by atomic mass is 10.1. The van der Waals surface area contributed by atoms with Crippen molar-refractivity contribution in [1.82, 2.24) is 20.6 Å². The number of nitrogens with one attached hydrogen (secondary N) is 3. The maximum absolute atomic E-state index is 12.2. The summed E-state index contributed by atoms with van der Waals surface area (Å²) in [5.74, 6) is 0.0384. The number of hydrogen-bond donors (Lipinski definition) is 3. The Balaban J connectivity index is 1.64. The van der Waals surface area contributed by atoms with E-state index in [9.17, 15) is 4.79 Å². The van der Waals surface area contributed by atoms with Crippen LogP contribution in [0.2, 0.25) is 0 Å². The molecule has 8 nitrogen and oxygen atoms in total. The van der Waals surface area contributed by atoms with Gasteiger partial charge in [-0.05, 0) is 48.5 Å². The zero-order chi connectivity index (χ0) is 18.4. The predicted molar refractivity (Wildman–Crippen MR) is 97.0 cm³/mol. The molecule has 8 heteroatoms. The van der Waals surface area contributed by atoms with E-state index < -0.39 is 0 Å². The highest BCUT2D eigenvalue weighted by molar-refractivity contribution is 6.04. The molecule has 0 unspecified atom stereocenters. The van der Waals surface area contributed by atoms with Crippen LogP contribution in [-0.2, 0) is 0 Å². The lowest BCUT2D eigenvalue weighted by Gasteiger charge is -2.07. The lowest BCUT2D eigenvalue weighted by molar-refractivity contribution is 0.102. The molecule has 0 saturated carbocycles. The number of H-pyrrole nitrogens is 1. The van der Waals surface area contributed by atoms with Crippen LogP contribution in [0.4, 0.5) is 11.4 Å². The second-order valence-electron chi connectivity index (χ2n) is 5.45. The van der Waals surface area contributed by atoms with E-state index in [1.165, 1.54) is 6.20 Å². The first kappa shape index (κ1) is 16.9. The van der Waals surface area contributed by atoms with Gasteiger partial charge in [-0.3, -0.25) is 4.79 Å². The first-order chi connectivity index (χ1) is 12.7. The Bertz CT molecular complexity index is 952. The van der Waals surface area contributed by atoms with Gasteiger partial charge in [-0.15, -0.1) is 10.2 Å². The van der Waals surface area contributed by atoms with Crippen LogP contribution in [-0.4, -0.2) is 26.5 Å². The van der Waals surface area contributed by atoms with Crippen LogP contribution in [0.5, 0.6) is 0 Å². The van der Waals surface area contributed by atoms with Crippen molar-refractivity contribution >= 4 is 22.9 Å². The molecule has 0 fully saturated rings. The van der Waals surface area contributed by atoms with E-state index in [2.05, 4.69) is 31.3 Å². The van der Waals surface area contributed by atoms with Crippen LogP contribution in [0.15, 0.2) is 54.7 Å². The largest absolute Gasteiger partial charge is 0.360 e. The number of nitrogens with zero attached hydrogens (tertiary/aromatic N) is 4. The maximum Gasteiger partial charge on any atom is 0.255 e. The SMILES string of the molecule is Cc1ccc(C(=O)Nc2ccc(NC=C(C#N)c3nn[nH]n3)cc2)cc1. The molecule has 0 radical (unpaired) electrons. The number of nitriles is 1. The van der Waals surface area contributed by atoms with Crippen LogP contribution < -0.4 is 10.6 Å². The highest BCUT2D eigenvalue weighted by atomic mass is 16.1. The van der Waals surface area contributed by atoms with E-state index in [1.807, 2.05) is 25.1 Å². The molecule has 0 saturated heterocycles. The molecule has 0 aliphatic carbocycles. The summed E-state index contributed by atoms with van der Waals surface area (Å²) in [4.78, 5) is 12.2. The number of rotatable bonds is 5. The number of anilines is 2. The van der Waals surface area contributed by atoms with Gasteiger partial charge in [0.2, 0.25) is 5.82 Å². The monoisotopic (exact) mass is 345 g/mol. The van der Waals surface area contributed by atoms with Gasteiger partial charge < -0.3 is 10.6 Å². The van der Waals surface area contributed by atoms with Crippen molar-refractivity contribution in [1.29, 1.82) is 5.26 Å². The average Bonchev–Trinajstić information content (AvgIpc) is 3.18. The van der Waals surface area contributed by atoms with Gasteiger partial charge in [-0.25, -0.2) is 0 Å². The Hall–Kier alpha value is -3.99. The van der Waals surface area contributed by atoms with Crippen molar-refractivity contribution in [2.45, 2.75) is 6.92 Å². The highest BCUT2D eigenvalue weighted by Crippen LogP contribution is 2.16. The van der Waals surface area contributed by atoms with Crippen LogP contribution in [0.3, 0.4) is 0 Å². The van der Waals surface area contributed by atoms with Crippen molar-refractivity contribution in [2.24, 2.45) is 0 Å². The minimum atomic E-state index is -0.172. The smallest absolute Gasteiger partial charge is 0.255 e. The fourth-order valence-corrected chi connectivity index (χ4v) is 2.14. The molecule has 0 spiro atoms. The Morgan fingerprint density at radius 2 is 1.81 bits per heavy atom. The Morgan fingerprint density at radius 3 is 2.42 bits per heavy atom. The maximum atomic E-state index is 12.2. The summed E-state index contributed by atoms with van der Waals surface area (Å²) < 4.78 is 0. The minimum absolute atomic E-state index is 0.172. The van der Waals surface area contributed by atoms with E-state index in [-0.39, 0.29) is 17.3 Å². The van der Waals surface area contributed by atoms with Gasteiger partial charge in [0.1, 0.15) is 11.6 Å². The van der Waals surface area contributed by atoms with Gasteiger partial charge in [-0.2, -0.15) is 10.5 Å². The number of carbonyl (C=O) groups excluding carboxylic acids is 1. The Morgan fingerprint density at radius 1 is 1.12 bits per heavy atom. The molecular weight excluding hydrogens is 330 g/mol. The third-order valence-corrected chi connectivity index (χ3v) is 3.55. The van der Waals surface area contributed by atoms with E-state index >= 15 is 0 Å². The zero-order valence-electron chi connectivity index (χ0n) is 13.9. The van der Waals surface area contributed by atoms with Crippen LogP contribution in [0.25, 0.3) is 5.57 Å². The van der Waals surface area contributed by atoms with E-state index in [1.54, 1.807) is 36.4 Å². The van der Waals surface area contributed by atoms with E-state index in [4.69, 9.17) is 5.26 Å². The molecule has 3 rings (SSSR count). The minimum Gasteiger partial charge on any atom is -0.360 e. The van der Waals surface area contributed by atoms with Gasteiger partial charge in [0.05, 0.1) is 0 Å². The molecule has 1 aromatic heterocycles. The first-order valence-electron chi connectivity index (χ1n) is 7.74. The van der Waals surface area contributed by atoms with Gasteiger partial charge in [0.25, 0.3) is 5.91 Å². The fraction of sp³-hybridized carbons (Fsp3) is 0.0556. The number of amides is 1. The topological polar surface area (TPSA) is 119 Å². The molecule has 3 N–H and O–H groups in total. The van der Waals surface area contributed by atoms with E-state index in [0.717, 1.165) is 11.3 Å². The zero-order valence-corrected chi connectivity index (χ0v) is 13.9. The first-order valence-corrected chi connectivity index (χ1v) is 7.74. The van der Waals surface area contributed by atoms with Gasteiger partial charge in [-0.1, -0.05) is 17.7 Å². The number of benzene rings is 2. The van der Waals surface area contributed by atoms with Gasteiger partial charge in [0.15, 0.2) is 0 Å². The third kappa shape index (κ3) is 4.10. The Kier molecular flexibility index (Phi) is 5.00. The van der Waals surface area contributed by atoms with Crippen molar-refractivity contribution in [3.63, 3.8) is 0 Å². The predicted octanol–water partition coefficient (Wildman–Crippen LogP) is 2.74. The summed E-state index contributed by atoms with van der Waals surface area (Å²) in [5.41, 5.74) is 3.36. The van der Waals surface area contributed by atoms with Crippen molar-refractivity contribution in [2.75, 3.05) is 10.6 Å². The molecule has 128 valence electrons. The number of aromatic amines is 1. The summed E-state index contributed by atoms with van der Waals surface area (Å²) in [5, 5.41) is 28.2. The van der Waals surface area contributed by atoms with Crippen molar-refractivity contribution < 1.29 is 4.79 Å². The number of aryl methyl sites for hydroxylation is 1. The molecule has 1 heterocycles. The molecule has 0 atom stereocenters. The summed E-state index contributed by atoms with van der Waals surface area (Å²) >= 11 is 0. The highest BCUT2D eigenvalue weighted by Gasteiger charge is 2.07. The summed E-state index contributed by atoms with van der Waals surface area (Å²) in [7, 11) is 0. The normalized spacial score (nSPS) is 10.8. The van der Waals surface area contributed by atoms with Crippen LogP contribution >= 0.6 is 0 Å². The number of allylic oxidation sites excluding steroid dienone is 1. The molecule has 3 aromatic rings. The fourth-order valence-electron chi connectivity index (χ4n) is 2.14. The second kappa shape index (κ2) is 7.72. The number of hydrogen-bond acceptors (Lipinski definition) is 6. The lowest BCUT2D eigenvalue weighted by Crippen LogP contribution is -2.11. The van der Waals surface area contributed by atoms with Crippen molar-refractivity contribution in [3.05, 3.63) is 71.7 Å². The molecule has 26 heavy (non-hydrogen) atoms. The molecule has 0 bridgehead atoms. The standard InChI is InChI=1S/C18H15N7O/c1-12-2-4-13(5-3-12)18(26)21-16-8-6-15(7-9-16)20-11-14(10-19)17-22-24-25-23-17/h2-9,11,20H,1H3,(H,21,26)(H,22,23,24,25). The molecule has 2 aromatic carbocycles. The summed E-state index contributed by atoms with van der Waals surface area (Å²) in [6.45, 7) is 1.97. The van der Waals surface area contributed by atoms with Crippen LogP contribution in [0.1, 0.15) is 21.7 Å². The third-order valence-electron chi connectivity index (χ3n) is 3.55. The molecule has 1 amide bonds.